The van der Waals surface area contributed by atoms with Gasteiger partial charge in [-0.05, 0) is 31.2 Å². The fraction of sp³-hybridized carbons (Fsp3) is 0.160. The first kappa shape index (κ1) is 24.0. The molecule has 0 aliphatic heterocycles. The molecule has 1 N–H and O–H groups in total. The average Bonchev–Trinajstić information content (AvgIpc) is 2.88. The van der Waals surface area contributed by atoms with Crippen LogP contribution in [-0.2, 0) is 4.79 Å². The number of thioether (sulfide) groups is 1. The Hall–Kier alpha value is -4.18. The summed E-state index contributed by atoms with van der Waals surface area (Å²) in [5.74, 6) is 1.20. The summed E-state index contributed by atoms with van der Waals surface area (Å²) in [5, 5.41) is 15.2. The van der Waals surface area contributed by atoms with Crippen LogP contribution < -0.4 is 14.8 Å². The number of nitro benzene ring substituents is 1. The number of amides is 1. The Morgan fingerprint density at radius 2 is 1.89 bits per heavy atom. The molecule has 0 atom stereocenters. The SMILES string of the molecule is CCOc1ccc2nc(-c3ccccc3)nc(SCC(=O)Nc3ccc([N+](=O)[O-])cc3OC)c2c1. The van der Waals surface area contributed by atoms with E-state index in [1.807, 2.05) is 55.5 Å². The normalized spacial score (nSPS) is 10.7. The summed E-state index contributed by atoms with van der Waals surface area (Å²) in [6.45, 7) is 2.43. The second-order valence-corrected chi connectivity index (χ2v) is 8.27. The van der Waals surface area contributed by atoms with Crippen LogP contribution >= 0.6 is 11.8 Å². The van der Waals surface area contributed by atoms with Gasteiger partial charge in [-0.1, -0.05) is 42.1 Å². The van der Waals surface area contributed by atoms with Crippen LogP contribution in [0.15, 0.2) is 71.8 Å². The van der Waals surface area contributed by atoms with E-state index in [0.717, 1.165) is 16.5 Å². The fourth-order valence-electron chi connectivity index (χ4n) is 3.38. The third-order valence-electron chi connectivity index (χ3n) is 4.99. The van der Waals surface area contributed by atoms with E-state index in [4.69, 9.17) is 19.4 Å². The molecule has 1 amide bonds. The average molecular weight is 491 g/mol. The van der Waals surface area contributed by atoms with Crippen LogP contribution in [0.5, 0.6) is 11.5 Å². The lowest BCUT2D eigenvalue weighted by Gasteiger charge is -2.12. The highest BCUT2D eigenvalue weighted by molar-refractivity contribution is 8.00. The Kier molecular flexibility index (Phi) is 7.41. The number of rotatable bonds is 9. The second-order valence-electron chi connectivity index (χ2n) is 7.31. The van der Waals surface area contributed by atoms with Crippen molar-refractivity contribution in [1.82, 2.24) is 9.97 Å². The molecule has 0 unspecified atom stereocenters. The van der Waals surface area contributed by atoms with E-state index >= 15 is 0 Å². The third kappa shape index (κ3) is 5.67. The lowest BCUT2D eigenvalue weighted by molar-refractivity contribution is -0.384. The van der Waals surface area contributed by atoms with Crippen molar-refractivity contribution >= 4 is 39.9 Å². The lowest BCUT2D eigenvalue weighted by Crippen LogP contribution is -2.15. The molecule has 9 nitrogen and oxygen atoms in total. The largest absolute Gasteiger partial charge is 0.494 e. The van der Waals surface area contributed by atoms with Crippen molar-refractivity contribution in [3.8, 4) is 22.9 Å². The number of benzene rings is 3. The molecule has 10 heteroatoms. The zero-order valence-electron chi connectivity index (χ0n) is 19.1. The summed E-state index contributed by atoms with van der Waals surface area (Å²) < 4.78 is 10.8. The Labute approximate surface area is 205 Å². The number of non-ortho nitro benzene ring substituents is 1. The first-order valence-corrected chi connectivity index (χ1v) is 11.7. The number of carbonyl (C=O) groups excluding carboxylic acids is 1. The number of carbonyl (C=O) groups is 1. The van der Waals surface area contributed by atoms with Crippen molar-refractivity contribution in [3.05, 3.63) is 76.8 Å². The quantitative estimate of drug-likeness (QED) is 0.145. The van der Waals surface area contributed by atoms with Gasteiger partial charge < -0.3 is 14.8 Å². The van der Waals surface area contributed by atoms with Gasteiger partial charge in [0.05, 0.1) is 41.7 Å². The van der Waals surface area contributed by atoms with Crippen LogP contribution in [0, 0.1) is 10.1 Å². The van der Waals surface area contributed by atoms with E-state index in [-0.39, 0.29) is 23.1 Å². The molecular weight excluding hydrogens is 468 g/mol. The minimum Gasteiger partial charge on any atom is -0.494 e. The maximum atomic E-state index is 12.7. The van der Waals surface area contributed by atoms with E-state index in [0.29, 0.717) is 28.9 Å². The summed E-state index contributed by atoms with van der Waals surface area (Å²) in [6.07, 6.45) is 0. The molecule has 0 saturated carbocycles. The zero-order valence-corrected chi connectivity index (χ0v) is 19.9. The molecule has 0 spiro atoms. The minimum absolute atomic E-state index is 0.0549. The number of nitrogens with one attached hydrogen (secondary N) is 1. The van der Waals surface area contributed by atoms with Gasteiger partial charge in [-0.3, -0.25) is 14.9 Å². The third-order valence-corrected chi connectivity index (χ3v) is 5.98. The molecule has 35 heavy (non-hydrogen) atoms. The number of fused-ring (bicyclic) bond motifs is 1. The summed E-state index contributed by atoms with van der Waals surface area (Å²) in [6, 6.07) is 19.2. The Morgan fingerprint density at radius 3 is 2.60 bits per heavy atom. The number of nitrogens with zero attached hydrogens (tertiary/aromatic N) is 3. The second kappa shape index (κ2) is 10.8. The first-order chi connectivity index (χ1) is 17.0. The van der Waals surface area contributed by atoms with E-state index in [1.54, 1.807) is 0 Å². The number of hydrogen-bond donors (Lipinski definition) is 1. The molecule has 4 rings (SSSR count). The minimum atomic E-state index is -0.523. The van der Waals surface area contributed by atoms with Crippen LogP contribution in [0.25, 0.3) is 22.3 Å². The van der Waals surface area contributed by atoms with E-state index in [2.05, 4.69) is 5.32 Å². The molecule has 3 aromatic carbocycles. The number of methoxy groups -OCH3 is 1. The Morgan fingerprint density at radius 1 is 1.09 bits per heavy atom. The van der Waals surface area contributed by atoms with Gasteiger partial charge in [-0.2, -0.15) is 0 Å². The van der Waals surface area contributed by atoms with Crippen LogP contribution in [-0.4, -0.2) is 40.3 Å². The molecule has 0 saturated heterocycles. The van der Waals surface area contributed by atoms with Crippen molar-refractivity contribution in [2.75, 3.05) is 24.8 Å². The molecule has 1 aromatic heterocycles. The molecule has 0 aliphatic carbocycles. The lowest BCUT2D eigenvalue weighted by atomic mass is 10.2. The van der Waals surface area contributed by atoms with E-state index in [1.165, 1.54) is 37.1 Å². The van der Waals surface area contributed by atoms with E-state index in [9.17, 15) is 14.9 Å². The Balaban J connectivity index is 1.60. The topological polar surface area (TPSA) is 116 Å². The Bertz CT molecular complexity index is 1380. The molecule has 0 fully saturated rings. The fourth-order valence-corrected chi connectivity index (χ4v) is 4.19. The monoisotopic (exact) mass is 490 g/mol. The van der Waals surface area contributed by atoms with Gasteiger partial charge in [0, 0.05) is 17.0 Å². The highest BCUT2D eigenvalue weighted by atomic mass is 32.2. The highest BCUT2D eigenvalue weighted by Crippen LogP contribution is 2.32. The van der Waals surface area contributed by atoms with Crippen molar-refractivity contribution in [2.24, 2.45) is 0 Å². The predicted octanol–water partition coefficient (Wildman–Crippen LogP) is 5.34. The van der Waals surface area contributed by atoms with Gasteiger partial charge in [0.25, 0.3) is 5.69 Å². The van der Waals surface area contributed by atoms with Crippen LogP contribution in [0.3, 0.4) is 0 Å². The van der Waals surface area contributed by atoms with Crippen molar-refractivity contribution < 1.29 is 19.2 Å². The summed E-state index contributed by atoms with van der Waals surface area (Å²) >= 11 is 1.27. The van der Waals surface area contributed by atoms with Crippen LogP contribution in [0.1, 0.15) is 6.92 Å². The number of hydrogen-bond acceptors (Lipinski definition) is 8. The maximum Gasteiger partial charge on any atom is 0.273 e. The highest BCUT2D eigenvalue weighted by Gasteiger charge is 2.16. The standard InChI is InChI=1S/C25H22N4O5S/c1-3-34-18-10-12-20-19(14-18)25(28-24(27-20)16-7-5-4-6-8-16)35-15-23(30)26-21-11-9-17(29(31)32)13-22(21)33-2/h4-14H,3,15H2,1-2H3,(H,26,30). The van der Waals surface area contributed by atoms with Gasteiger partial charge in [0.2, 0.25) is 5.91 Å². The summed E-state index contributed by atoms with van der Waals surface area (Å²) in [7, 11) is 1.39. The number of aromatic nitrogens is 2. The van der Waals surface area contributed by atoms with Gasteiger partial charge >= 0.3 is 0 Å². The van der Waals surface area contributed by atoms with Crippen molar-refractivity contribution in [2.45, 2.75) is 11.9 Å². The predicted molar refractivity (Wildman–Crippen MR) is 135 cm³/mol. The van der Waals surface area contributed by atoms with Crippen molar-refractivity contribution in [1.29, 1.82) is 0 Å². The molecule has 0 radical (unpaired) electrons. The van der Waals surface area contributed by atoms with Gasteiger partial charge in [-0.15, -0.1) is 0 Å². The van der Waals surface area contributed by atoms with Gasteiger partial charge in [-0.25, -0.2) is 9.97 Å². The molecule has 4 aromatic rings. The summed E-state index contributed by atoms with van der Waals surface area (Å²) in [4.78, 5) is 32.7. The summed E-state index contributed by atoms with van der Waals surface area (Å²) in [5.41, 5.74) is 1.83. The number of nitro groups is 1. The smallest absolute Gasteiger partial charge is 0.273 e. The molecular formula is C25H22N4O5S. The number of ether oxygens (including phenoxy) is 2. The van der Waals surface area contributed by atoms with Gasteiger partial charge in [0.1, 0.15) is 16.5 Å². The van der Waals surface area contributed by atoms with Crippen molar-refractivity contribution in [3.63, 3.8) is 0 Å². The molecule has 0 bridgehead atoms. The number of anilines is 1. The maximum absolute atomic E-state index is 12.7. The van der Waals surface area contributed by atoms with Gasteiger partial charge in [0.15, 0.2) is 5.82 Å². The molecule has 1 heterocycles. The molecule has 178 valence electrons. The van der Waals surface area contributed by atoms with Crippen LogP contribution in [0.2, 0.25) is 0 Å². The first-order valence-electron chi connectivity index (χ1n) is 10.7. The van der Waals surface area contributed by atoms with Crippen LogP contribution in [0.4, 0.5) is 11.4 Å². The zero-order chi connectivity index (χ0) is 24.8. The molecule has 0 aliphatic rings. The van der Waals surface area contributed by atoms with E-state index < -0.39 is 4.92 Å².